The molecule has 0 spiro atoms. The van der Waals surface area contributed by atoms with E-state index in [0.29, 0.717) is 5.41 Å². The van der Waals surface area contributed by atoms with Gasteiger partial charge in [-0.25, -0.2) is 0 Å². The van der Waals surface area contributed by atoms with Crippen LogP contribution in [0.4, 0.5) is 0 Å². The number of halogens is 1. The van der Waals surface area contributed by atoms with Crippen molar-refractivity contribution in [3.63, 3.8) is 0 Å². The fraction of sp³-hybridized carbons (Fsp3) is 0.714. The van der Waals surface area contributed by atoms with E-state index < -0.39 is 0 Å². The van der Waals surface area contributed by atoms with Gasteiger partial charge in [-0.2, -0.15) is 0 Å². The standard InChI is InChI=1S/C21H27BrO2/c22-17-4-5-19(24-20-3-1-2-6-23-20)18(10-17)21-11-14-7-15(12-21)9-16(8-14)13-21/h4-5,10,14-16,20H,1-3,6-9,11-13H2. The monoisotopic (exact) mass is 390 g/mol. The van der Waals surface area contributed by atoms with Crippen LogP contribution in [-0.2, 0) is 10.2 Å². The van der Waals surface area contributed by atoms with Crippen molar-refractivity contribution in [3.05, 3.63) is 28.2 Å². The lowest BCUT2D eigenvalue weighted by atomic mass is 9.48. The van der Waals surface area contributed by atoms with Gasteiger partial charge in [0.15, 0.2) is 6.29 Å². The summed E-state index contributed by atoms with van der Waals surface area (Å²) >= 11 is 3.71. The Morgan fingerprint density at radius 2 is 1.71 bits per heavy atom. The van der Waals surface area contributed by atoms with Crippen molar-refractivity contribution in [3.8, 4) is 5.75 Å². The highest BCUT2D eigenvalue weighted by molar-refractivity contribution is 9.10. The number of benzene rings is 1. The smallest absolute Gasteiger partial charge is 0.199 e. The maximum atomic E-state index is 6.39. The maximum Gasteiger partial charge on any atom is 0.199 e. The average Bonchev–Trinajstić information content (AvgIpc) is 2.56. The highest BCUT2D eigenvalue weighted by Gasteiger charge is 2.52. The molecule has 130 valence electrons. The molecular weight excluding hydrogens is 364 g/mol. The minimum atomic E-state index is -0.0485. The Balaban J connectivity index is 1.49. The number of hydrogen-bond acceptors (Lipinski definition) is 2. The number of ether oxygens (including phenoxy) is 2. The summed E-state index contributed by atoms with van der Waals surface area (Å²) in [4.78, 5) is 0. The molecule has 6 rings (SSSR count). The van der Waals surface area contributed by atoms with Crippen LogP contribution in [0.3, 0.4) is 0 Å². The highest BCUT2D eigenvalue weighted by Crippen LogP contribution is 2.62. The van der Waals surface area contributed by atoms with E-state index >= 15 is 0 Å². The molecule has 0 N–H and O–H groups in total. The van der Waals surface area contributed by atoms with Crippen LogP contribution >= 0.6 is 15.9 Å². The summed E-state index contributed by atoms with van der Waals surface area (Å²) in [5, 5.41) is 0. The Morgan fingerprint density at radius 1 is 1.00 bits per heavy atom. The summed E-state index contributed by atoms with van der Waals surface area (Å²) in [6, 6.07) is 6.66. The summed E-state index contributed by atoms with van der Waals surface area (Å²) in [7, 11) is 0. The van der Waals surface area contributed by atoms with E-state index in [1.807, 2.05) is 0 Å². The summed E-state index contributed by atoms with van der Waals surface area (Å²) in [6.45, 7) is 0.841. The van der Waals surface area contributed by atoms with E-state index in [9.17, 15) is 0 Å². The van der Waals surface area contributed by atoms with Crippen molar-refractivity contribution < 1.29 is 9.47 Å². The van der Waals surface area contributed by atoms with Crippen LogP contribution in [0.15, 0.2) is 22.7 Å². The predicted octanol–water partition coefficient (Wildman–Crippen LogP) is 5.82. The minimum Gasteiger partial charge on any atom is -0.465 e. The van der Waals surface area contributed by atoms with E-state index in [0.717, 1.165) is 36.5 Å². The third-order valence-electron chi connectivity index (χ3n) is 6.95. The second kappa shape index (κ2) is 6.02. The van der Waals surface area contributed by atoms with Crippen molar-refractivity contribution in [2.75, 3.05) is 6.61 Å². The van der Waals surface area contributed by atoms with Crippen molar-refractivity contribution in [1.82, 2.24) is 0 Å². The molecule has 1 heterocycles. The van der Waals surface area contributed by atoms with Crippen LogP contribution in [0, 0.1) is 17.8 Å². The van der Waals surface area contributed by atoms with Gasteiger partial charge < -0.3 is 9.47 Å². The molecule has 3 heteroatoms. The van der Waals surface area contributed by atoms with Gasteiger partial charge in [0, 0.05) is 16.5 Å². The summed E-state index contributed by atoms with van der Waals surface area (Å²) in [5.74, 6) is 3.95. The van der Waals surface area contributed by atoms with Crippen molar-refractivity contribution in [1.29, 1.82) is 0 Å². The van der Waals surface area contributed by atoms with Gasteiger partial charge in [0.2, 0.25) is 0 Å². The lowest BCUT2D eigenvalue weighted by Gasteiger charge is -2.57. The lowest BCUT2D eigenvalue weighted by molar-refractivity contribution is -0.107. The molecule has 24 heavy (non-hydrogen) atoms. The molecule has 1 aromatic rings. The average molecular weight is 391 g/mol. The predicted molar refractivity (Wildman–Crippen MR) is 98.2 cm³/mol. The van der Waals surface area contributed by atoms with Gasteiger partial charge in [0.25, 0.3) is 0 Å². The Hall–Kier alpha value is -0.540. The van der Waals surface area contributed by atoms with Gasteiger partial charge in [-0.1, -0.05) is 15.9 Å². The fourth-order valence-electron chi connectivity index (χ4n) is 6.41. The normalized spacial score (nSPS) is 40.7. The second-order valence-corrected chi connectivity index (χ2v) is 9.67. The SMILES string of the molecule is Brc1ccc(OC2CCCCO2)c(C23CC4CC(CC(C4)C2)C3)c1. The molecule has 4 aliphatic carbocycles. The molecule has 0 amide bonds. The molecule has 1 aromatic carbocycles. The Kier molecular flexibility index (Phi) is 3.94. The first-order chi connectivity index (χ1) is 11.7. The molecule has 0 radical (unpaired) electrons. The van der Waals surface area contributed by atoms with E-state index in [4.69, 9.17) is 9.47 Å². The fourth-order valence-corrected chi connectivity index (χ4v) is 6.77. The van der Waals surface area contributed by atoms with E-state index in [1.165, 1.54) is 61.4 Å². The largest absolute Gasteiger partial charge is 0.465 e. The van der Waals surface area contributed by atoms with Crippen molar-refractivity contribution in [2.24, 2.45) is 17.8 Å². The summed E-state index contributed by atoms with van der Waals surface area (Å²) in [5.41, 5.74) is 1.83. The zero-order valence-electron chi connectivity index (χ0n) is 14.3. The van der Waals surface area contributed by atoms with Gasteiger partial charge >= 0.3 is 0 Å². The molecule has 4 bridgehead atoms. The van der Waals surface area contributed by atoms with Crippen molar-refractivity contribution >= 4 is 15.9 Å². The van der Waals surface area contributed by atoms with E-state index in [1.54, 1.807) is 0 Å². The number of hydrogen-bond donors (Lipinski definition) is 0. The topological polar surface area (TPSA) is 18.5 Å². The van der Waals surface area contributed by atoms with Gasteiger partial charge in [-0.05, 0) is 92.7 Å². The Bertz CT molecular complexity index is 585. The molecule has 5 aliphatic rings. The molecular formula is C21H27BrO2. The van der Waals surface area contributed by atoms with E-state index in [2.05, 4.69) is 34.1 Å². The van der Waals surface area contributed by atoms with Crippen LogP contribution in [0.5, 0.6) is 5.75 Å². The third-order valence-corrected chi connectivity index (χ3v) is 7.44. The summed E-state index contributed by atoms with van der Waals surface area (Å²) in [6.07, 6.45) is 11.9. The van der Waals surface area contributed by atoms with E-state index in [-0.39, 0.29) is 6.29 Å². The highest BCUT2D eigenvalue weighted by atomic mass is 79.9. The molecule has 0 aromatic heterocycles. The zero-order chi connectivity index (χ0) is 16.1. The molecule has 1 atom stereocenters. The molecule has 1 aliphatic heterocycles. The molecule has 2 nitrogen and oxygen atoms in total. The first-order valence-corrected chi connectivity index (χ1v) is 10.6. The molecule has 4 saturated carbocycles. The van der Waals surface area contributed by atoms with Gasteiger partial charge in [0.1, 0.15) is 5.75 Å². The molecule has 1 saturated heterocycles. The Morgan fingerprint density at radius 3 is 2.33 bits per heavy atom. The number of rotatable bonds is 3. The summed E-state index contributed by atoms with van der Waals surface area (Å²) < 4.78 is 13.4. The second-order valence-electron chi connectivity index (χ2n) is 8.75. The van der Waals surface area contributed by atoms with Gasteiger partial charge in [0.05, 0.1) is 6.61 Å². The minimum absolute atomic E-state index is 0.0485. The zero-order valence-corrected chi connectivity index (χ0v) is 15.9. The van der Waals surface area contributed by atoms with Crippen LogP contribution in [0.1, 0.15) is 63.4 Å². The van der Waals surface area contributed by atoms with Crippen molar-refractivity contribution in [2.45, 2.75) is 69.5 Å². The molecule has 5 fully saturated rings. The van der Waals surface area contributed by atoms with Crippen LogP contribution in [-0.4, -0.2) is 12.9 Å². The maximum absolute atomic E-state index is 6.39. The van der Waals surface area contributed by atoms with Crippen LogP contribution in [0.25, 0.3) is 0 Å². The molecule has 1 unspecified atom stereocenters. The first kappa shape index (κ1) is 15.7. The first-order valence-electron chi connectivity index (χ1n) is 9.78. The lowest BCUT2D eigenvalue weighted by Crippen LogP contribution is -2.48. The third kappa shape index (κ3) is 2.72. The van der Waals surface area contributed by atoms with Crippen LogP contribution < -0.4 is 4.74 Å². The Labute approximate surface area is 153 Å². The van der Waals surface area contributed by atoms with Gasteiger partial charge in [-0.15, -0.1) is 0 Å². The van der Waals surface area contributed by atoms with Crippen LogP contribution in [0.2, 0.25) is 0 Å². The quantitative estimate of drug-likeness (QED) is 0.646. The van der Waals surface area contributed by atoms with Gasteiger partial charge in [-0.3, -0.25) is 0 Å².